The molecule has 5 rings (SSSR count). The molecule has 1 aliphatic heterocycles. The number of carbonyl (C=O) groups is 1. The largest absolute Gasteiger partial charge is 0.495 e. The zero-order valence-corrected chi connectivity index (χ0v) is 25.0. The molecule has 0 bridgehead atoms. The van der Waals surface area contributed by atoms with Crippen molar-refractivity contribution in [3.8, 4) is 16.9 Å². The van der Waals surface area contributed by atoms with E-state index in [-0.39, 0.29) is 27.6 Å². The van der Waals surface area contributed by atoms with Gasteiger partial charge < -0.3 is 20.7 Å². The molecule has 10 nitrogen and oxygen atoms in total. The monoisotopic (exact) mass is 606 g/mol. The van der Waals surface area contributed by atoms with Crippen LogP contribution in [0.25, 0.3) is 11.1 Å². The summed E-state index contributed by atoms with van der Waals surface area (Å²) in [6, 6.07) is 17.9. The number of methoxy groups -OCH3 is 1. The average molecular weight is 607 g/mol. The van der Waals surface area contributed by atoms with Gasteiger partial charge in [-0.3, -0.25) is 4.79 Å². The number of hydrogen-bond donors (Lipinski definition) is 3. The maximum atomic E-state index is 13.3. The van der Waals surface area contributed by atoms with Crippen molar-refractivity contribution < 1.29 is 17.9 Å². The molecule has 1 aliphatic rings. The highest BCUT2D eigenvalue weighted by Gasteiger charge is 2.29. The van der Waals surface area contributed by atoms with Crippen LogP contribution in [0.2, 0.25) is 5.02 Å². The van der Waals surface area contributed by atoms with Crippen molar-refractivity contribution in [1.82, 2.24) is 19.6 Å². The molecule has 42 heavy (non-hydrogen) atoms. The van der Waals surface area contributed by atoms with Gasteiger partial charge in [-0.25, -0.2) is 13.4 Å². The molecule has 1 aromatic heterocycles. The van der Waals surface area contributed by atoms with Crippen molar-refractivity contribution in [2.75, 3.05) is 37.9 Å². The van der Waals surface area contributed by atoms with Gasteiger partial charge in [0.1, 0.15) is 15.7 Å². The first-order chi connectivity index (χ1) is 20.2. The Labute approximate surface area is 250 Å². The number of aromatic nitrogens is 2. The predicted octanol–water partition coefficient (Wildman–Crippen LogP) is 5.75. The minimum absolute atomic E-state index is 0.149. The van der Waals surface area contributed by atoms with Crippen molar-refractivity contribution in [3.05, 3.63) is 83.0 Å². The summed E-state index contributed by atoms with van der Waals surface area (Å²) in [6.45, 7) is 2.97. The number of aryl methyl sites for hydroxylation is 1. The summed E-state index contributed by atoms with van der Waals surface area (Å²) >= 11 is 6.43. The van der Waals surface area contributed by atoms with E-state index in [4.69, 9.17) is 16.3 Å². The molecular weight excluding hydrogens is 576 g/mol. The van der Waals surface area contributed by atoms with Crippen LogP contribution in [0.1, 0.15) is 28.8 Å². The molecule has 0 unspecified atom stereocenters. The number of carbonyl (C=O) groups excluding carboxylic acids is 1. The number of para-hydroxylation sites is 1. The third kappa shape index (κ3) is 6.03. The highest BCUT2D eigenvalue weighted by atomic mass is 35.5. The molecule has 1 amide bonds. The molecule has 12 heteroatoms. The van der Waals surface area contributed by atoms with Gasteiger partial charge in [-0.05, 0) is 72.9 Å². The standard InChI is InChI=1S/C30H31ClN6O4S/c1-19-16-25(26(41-3)17-22(19)20-10-12-21(13-11-20)29(38)32-2)35-30-33-18-23(31)28(36-30)34-24-8-4-5-9-27(24)42(39,40)37-14-6-7-15-37/h4-5,8-13,16-18H,6-7,14-15H2,1-3H3,(H,32,38)(H2,33,34,35,36). The Morgan fingerprint density at radius 1 is 1.00 bits per heavy atom. The van der Waals surface area contributed by atoms with Crippen molar-refractivity contribution in [2.45, 2.75) is 24.7 Å². The van der Waals surface area contributed by atoms with E-state index in [0.717, 1.165) is 29.5 Å². The zero-order valence-electron chi connectivity index (χ0n) is 23.4. The number of benzene rings is 3. The Morgan fingerprint density at radius 3 is 2.40 bits per heavy atom. The third-order valence-electron chi connectivity index (χ3n) is 7.05. The van der Waals surface area contributed by atoms with Gasteiger partial charge in [-0.1, -0.05) is 35.9 Å². The molecule has 3 N–H and O–H groups in total. The van der Waals surface area contributed by atoms with E-state index in [2.05, 4.69) is 25.9 Å². The van der Waals surface area contributed by atoms with Crippen LogP contribution in [-0.2, 0) is 10.0 Å². The fourth-order valence-corrected chi connectivity index (χ4v) is 6.64. The number of halogens is 1. The van der Waals surface area contributed by atoms with E-state index in [1.807, 2.05) is 31.2 Å². The van der Waals surface area contributed by atoms with E-state index in [1.54, 1.807) is 50.6 Å². The van der Waals surface area contributed by atoms with Gasteiger partial charge in [0, 0.05) is 25.7 Å². The Hall–Kier alpha value is -4.19. The first kappa shape index (κ1) is 29.3. The molecule has 0 radical (unpaired) electrons. The van der Waals surface area contributed by atoms with Gasteiger partial charge in [0.15, 0.2) is 5.82 Å². The molecular formula is C30H31ClN6O4S. The summed E-state index contributed by atoms with van der Waals surface area (Å²) in [5.74, 6) is 0.897. The fourth-order valence-electron chi connectivity index (χ4n) is 4.84. The smallest absolute Gasteiger partial charge is 0.251 e. The maximum Gasteiger partial charge on any atom is 0.251 e. The minimum Gasteiger partial charge on any atom is -0.495 e. The fraction of sp³-hybridized carbons (Fsp3) is 0.233. The van der Waals surface area contributed by atoms with E-state index < -0.39 is 10.0 Å². The molecule has 1 fully saturated rings. The number of sulfonamides is 1. The Bertz CT molecular complexity index is 1720. The van der Waals surface area contributed by atoms with Gasteiger partial charge in [-0.2, -0.15) is 9.29 Å². The molecule has 0 spiro atoms. The van der Waals surface area contributed by atoms with Crippen LogP contribution in [0.5, 0.6) is 5.75 Å². The van der Waals surface area contributed by atoms with Gasteiger partial charge in [0.05, 0.1) is 24.7 Å². The average Bonchev–Trinajstić information content (AvgIpc) is 3.55. The Morgan fingerprint density at radius 2 is 1.71 bits per heavy atom. The summed E-state index contributed by atoms with van der Waals surface area (Å²) in [6.07, 6.45) is 3.13. The highest BCUT2D eigenvalue weighted by molar-refractivity contribution is 7.89. The van der Waals surface area contributed by atoms with Gasteiger partial charge in [0.2, 0.25) is 16.0 Å². The first-order valence-electron chi connectivity index (χ1n) is 13.4. The van der Waals surface area contributed by atoms with Crippen LogP contribution in [0.4, 0.5) is 23.1 Å². The number of ether oxygens (including phenoxy) is 1. The topological polar surface area (TPSA) is 126 Å². The summed E-state index contributed by atoms with van der Waals surface area (Å²) in [5.41, 5.74) is 4.41. The molecule has 0 atom stereocenters. The molecule has 0 aliphatic carbocycles. The third-order valence-corrected chi connectivity index (χ3v) is 9.28. The van der Waals surface area contributed by atoms with Crippen LogP contribution in [-0.4, -0.2) is 55.8 Å². The van der Waals surface area contributed by atoms with Gasteiger partial charge >= 0.3 is 0 Å². The Balaban J connectivity index is 1.42. The van der Waals surface area contributed by atoms with Crippen molar-refractivity contribution in [1.29, 1.82) is 0 Å². The number of anilines is 4. The molecule has 2 heterocycles. The summed E-state index contributed by atoms with van der Waals surface area (Å²) in [4.78, 5) is 20.9. The lowest BCUT2D eigenvalue weighted by Crippen LogP contribution is -2.28. The summed E-state index contributed by atoms with van der Waals surface area (Å²) < 4.78 is 33.8. The second kappa shape index (κ2) is 12.4. The second-order valence-electron chi connectivity index (χ2n) is 9.77. The quantitative estimate of drug-likeness (QED) is 0.220. The highest BCUT2D eigenvalue weighted by Crippen LogP contribution is 2.36. The summed E-state index contributed by atoms with van der Waals surface area (Å²) in [5, 5.41) is 9.14. The van der Waals surface area contributed by atoms with Gasteiger partial charge in [-0.15, -0.1) is 0 Å². The van der Waals surface area contributed by atoms with Crippen molar-refractivity contribution in [2.24, 2.45) is 0 Å². The van der Waals surface area contributed by atoms with Crippen LogP contribution < -0.4 is 20.7 Å². The number of rotatable bonds is 9. The van der Waals surface area contributed by atoms with Crippen LogP contribution in [0, 0.1) is 6.92 Å². The van der Waals surface area contributed by atoms with Gasteiger partial charge in [0.25, 0.3) is 5.91 Å². The molecule has 3 aromatic carbocycles. The van der Waals surface area contributed by atoms with Crippen LogP contribution in [0.15, 0.2) is 71.8 Å². The van der Waals surface area contributed by atoms with Crippen molar-refractivity contribution >= 4 is 50.7 Å². The number of hydrogen-bond acceptors (Lipinski definition) is 8. The van der Waals surface area contributed by atoms with Crippen molar-refractivity contribution in [3.63, 3.8) is 0 Å². The molecule has 218 valence electrons. The van der Waals surface area contributed by atoms with E-state index in [0.29, 0.717) is 35.8 Å². The zero-order chi connectivity index (χ0) is 29.9. The van der Waals surface area contributed by atoms with Crippen LogP contribution >= 0.6 is 11.6 Å². The lowest BCUT2D eigenvalue weighted by molar-refractivity contribution is 0.0963. The summed E-state index contributed by atoms with van der Waals surface area (Å²) in [7, 11) is -0.510. The van der Waals surface area contributed by atoms with E-state index in [9.17, 15) is 13.2 Å². The maximum absolute atomic E-state index is 13.3. The number of amides is 1. The normalized spacial score (nSPS) is 13.5. The van der Waals surface area contributed by atoms with E-state index >= 15 is 0 Å². The molecule has 1 saturated heterocycles. The second-order valence-corrected chi connectivity index (χ2v) is 12.1. The lowest BCUT2D eigenvalue weighted by atomic mass is 9.98. The minimum atomic E-state index is -3.68. The molecule has 0 saturated carbocycles. The predicted molar refractivity (Wildman–Crippen MR) is 165 cm³/mol. The van der Waals surface area contributed by atoms with Crippen LogP contribution in [0.3, 0.4) is 0 Å². The Kier molecular flexibility index (Phi) is 8.62. The van der Waals surface area contributed by atoms with E-state index in [1.165, 1.54) is 10.5 Å². The number of nitrogens with zero attached hydrogens (tertiary/aromatic N) is 3. The SMILES string of the molecule is CNC(=O)c1ccc(-c2cc(OC)c(Nc3ncc(Cl)c(Nc4ccccc4S(=O)(=O)N4CCCC4)n3)cc2C)cc1. The number of nitrogens with one attached hydrogen (secondary N) is 3. The first-order valence-corrected chi connectivity index (χ1v) is 15.2. The molecule has 4 aromatic rings. The lowest BCUT2D eigenvalue weighted by Gasteiger charge is -2.19.